The average Bonchev–Trinajstić information content (AvgIpc) is 2.98. The first kappa shape index (κ1) is 14.5. The van der Waals surface area contributed by atoms with Gasteiger partial charge in [0.05, 0.1) is 13.2 Å². The molecular formula is C16H13Cl2NO2. The van der Waals surface area contributed by atoms with Crippen molar-refractivity contribution in [3.05, 3.63) is 70.5 Å². The number of hydrogen-bond donors (Lipinski definition) is 0. The predicted octanol–water partition coefficient (Wildman–Crippen LogP) is 4.30. The molecule has 5 heteroatoms. The molecule has 1 fully saturated rings. The largest absolute Gasteiger partial charge is 0.340 e. The third-order valence-electron chi connectivity index (χ3n) is 3.39. The highest BCUT2D eigenvalue weighted by molar-refractivity contribution is 6.35. The molecule has 1 aromatic carbocycles. The van der Waals surface area contributed by atoms with E-state index < -0.39 is 5.79 Å². The van der Waals surface area contributed by atoms with Crippen molar-refractivity contribution in [2.24, 2.45) is 0 Å². The summed E-state index contributed by atoms with van der Waals surface area (Å²) >= 11 is 12.2. The Morgan fingerprint density at radius 2 is 1.95 bits per heavy atom. The van der Waals surface area contributed by atoms with Crippen LogP contribution in [0.4, 0.5) is 0 Å². The van der Waals surface area contributed by atoms with Gasteiger partial charge in [-0.15, -0.1) is 0 Å². The van der Waals surface area contributed by atoms with Crippen molar-refractivity contribution in [2.75, 3.05) is 13.2 Å². The molecule has 0 N–H and O–H groups in total. The van der Waals surface area contributed by atoms with Crippen LogP contribution in [0.1, 0.15) is 11.1 Å². The third-order valence-corrected chi connectivity index (χ3v) is 3.94. The number of nitrogens with zero attached hydrogens (tertiary/aromatic N) is 1. The second-order valence-electron chi connectivity index (χ2n) is 4.66. The smallest absolute Gasteiger partial charge is 0.224 e. The summed E-state index contributed by atoms with van der Waals surface area (Å²) < 4.78 is 11.7. The first-order valence-corrected chi connectivity index (χ1v) is 7.22. The van der Waals surface area contributed by atoms with Gasteiger partial charge in [-0.05, 0) is 18.2 Å². The molecule has 3 nitrogen and oxygen atoms in total. The lowest BCUT2D eigenvalue weighted by molar-refractivity contribution is -0.113. The van der Waals surface area contributed by atoms with Gasteiger partial charge in [-0.1, -0.05) is 41.9 Å². The predicted molar refractivity (Wildman–Crippen MR) is 83.3 cm³/mol. The van der Waals surface area contributed by atoms with Crippen molar-refractivity contribution < 1.29 is 9.47 Å². The Morgan fingerprint density at radius 3 is 2.57 bits per heavy atom. The van der Waals surface area contributed by atoms with Gasteiger partial charge in [0, 0.05) is 39.1 Å². The van der Waals surface area contributed by atoms with Crippen LogP contribution in [0.25, 0.3) is 5.57 Å². The molecule has 2 aromatic rings. The number of hydrogen-bond acceptors (Lipinski definition) is 3. The van der Waals surface area contributed by atoms with Crippen LogP contribution in [-0.2, 0) is 15.3 Å². The van der Waals surface area contributed by atoms with Crippen molar-refractivity contribution in [1.29, 1.82) is 0 Å². The normalized spacial score (nSPS) is 16.9. The fraction of sp³-hybridized carbons (Fsp3) is 0.188. The lowest BCUT2D eigenvalue weighted by Gasteiger charge is -2.30. The van der Waals surface area contributed by atoms with Gasteiger partial charge in [0.1, 0.15) is 0 Å². The molecule has 0 saturated carbocycles. The van der Waals surface area contributed by atoms with Crippen LogP contribution >= 0.6 is 23.2 Å². The molecule has 3 rings (SSSR count). The van der Waals surface area contributed by atoms with Crippen molar-refractivity contribution in [2.45, 2.75) is 5.79 Å². The van der Waals surface area contributed by atoms with Crippen molar-refractivity contribution >= 4 is 28.8 Å². The zero-order valence-electron chi connectivity index (χ0n) is 11.2. The summed E-state index contributed by atoms with van der Waals surface area (Å²) in [5, 5.41) is 1.08. The van der Waals surface area contributed by atoms with Gasteiger partial charge in [-0.2, -0.15) is 0 Å². The molecule has 0 aliphatic carbocycles. The maximum atomic E-state index is 6.28. The summed E-state index contributed by atoms with van der Waals surface area (Å²) in [7, 11) is 0. The first-order valence-electron chi connectivity index (χ1n) is 6.47. The van der Waals surface area contributed by atoms with E-state index in [1.54, 1.807) is 24.5 Å². The van der Waals surface area contributed by atoms with E-state index in [1.165, 1.54) is 0 Å². The summed E-state index contributed by atoms with van der Waals surface area (Å²) in [5.41, 5.74) is 2.17. The summed E-state index contributed by atoms with van der Waals surface area (Å²) in [6.07, 6.45) is 3.41. The van der Waals surface area contributed by atoms with Crippen LogP contribution in [-0.4, -0.2) is 18.2 Å². The number of pyridine rings is 1. The number of aromatic nitrogens is 1. The van der Waals surface area contributed by atoms with Gasteiger partial charge in [0.15, 0.2) is 0 Å². The van der Waals surface area contributed by atoms with Gasteiger partial charge < -0.3 is 9.47 Å². The van der Waals surface area contributed by atoms with Crippen molar-refractivity contribution in [3.63, 3.8) is 0 Å². The molecule has 1 saturated heterocycles. The van der Waals surface area contributed by atoms with Crippen molar-refractivity contribution in [3.8, 4) is 0 Å². The van der Waals surface area contributed by atoms with E-state index >= 15 is 0 Å². The standard InChI is InChI=1S/C16H13Cl2NO2/c1-11(14-5-4-13(17)9-15(14)18)16(20-7-8-21-16)12-3-2-6-19-10-12/h2-6,9-10H,1,7-8H2. The maximum absolute atomic E-state index is 6.28. The Labute approximate surface area is 133 Å². The summed E-state index contributed by atoms with van der Waals surface area (Å²) in [4.78, 5) is 4.13. The van der Waals surface area contributed by atoms with Crippen LogP contribution in [0, 0.1) is 0 Å². The molecule has 1 aliphatic heterocycles. The molecule has 0 radical (unpaired) electrons. The molecule has 0 amide bonds. The highest BCUT2D eigenvalue weighted by atomic mass is 35.5. The molecule has 0 unspecified atom stereocenters. The number of halogens is 2. The SMILES string of the molecule is C=C(c1ccc(Cl)cc1Cl)C1(c2cccnc2)OCCO1. The number of rotatable bonds is 3. The zero-order chi connectivity index (χ0) is 14.9. The lowest BCUT2D eigenvalue weighted by Crippen LogP contribution is -2.28. The summed E-state index contributed by atoms with van der Waals surface area (Å²) in [5.74, 6) is -1.05. The van der Waals surface area contributed by atoms with E-state index in [0.717, 1.165) is 11.1 Å². The van der Waals surface area contributed by atoms with E-state index in [4.69, 9.17) is 32.7 Å². The van der Waals surface area contributed by atoms with Crippen LogP contribution in [0.3, 0.4) is 0 Å². The summed E-state index contributed by atoms with van der Waals surface area (Å²) in [6, 6.07) is 8.98. The lowest BCUT2D eigenvalue weighted by atomic mass is 9.93. The van der Waals surface area contributed by atoms with Crippen LogP contribution < -0.4 is 0 Å². The molecule has 1 aliphatic rings. The second-order valence-corrected chi connectivity index (χ2v) is 5.50. The molecule has 0 atom stereocenters. The monoisotopic (exact) mass is 321 g/mol. The summed E-state index contributed by atoms with van der Waals surface area (Å²) in [6.45, 7) is 5.11. The van der Waals surface area contributed by atoms with Crippen LogP contribution in [0.5, 0.6) is 0 Å². The minimum Gasteiger partial charge on any atom is -0.340 e. The molecule has 1 aromatic heterocycles. The van der Waals surface area contributed by atoms with Gasteiger partial charge in [-0.25, -0.2) is 0 Å². The van der Waals surface area contributed by atoms with Crippen LogP contribution in [0.15, 0.2) is 49.3 Å². The number of benzene rings is 1. The average molecular weight is 322 g/mol. The van der Waals surface area contributed by atoms with Gasteiger partial charge in [0.2, 0.25) is 5.79 Å². The molecular weight excluding hydrogens is 309 g/mol. The Balaban J connectivity index is 2.08. The van der Waals surface area contributed by atoms with E-state index in [9.17, 15) is 0 Å². The van der Waals surface area contributed by atoms with Gasteiger partial charge >= 0.3 is 0 Å². The highest BCUT2D eigenvalue weighted by Gasteiger charge is 2.42. The fourth-order valence-corrected chi connectivity index (χ4v) is 2.92. The van der Waals surface area contributed by atoms with E-state index in [0.29, 0.717) is 28.8 Å². The minimum atomic E-state index is -1.05. The van der Waals surface area contributed by atoms with E-state index in [2.05, 4.69) is 11.6 Å². The molecule has 21 heavy (non-hydrogen) atoms. The molecule has 0 spiro atoms. The molecule has 0 bridgehead atoms. The number of ether oxygens (including phenoxy) is 2. The Hall–Kier alpha value is -1.39. The molecule has 2 heterocycles. The fourth-order valence-electron chi connectivity index (χ4n) is 2.40. The second kappa shape index (κ2) is 5.78. The Kier molecular flexibility index (Phi) is 4.00. The quantitative estimate of drug-likeness (QED) is 0.844. The third kappa shape index (κ3) is 2.58. The maximum Gasteiger partial charge on any atom is 0.224 e. The van der Waals surface area contributed by atoms with Crippen molar-refractivity contribution in [1.82, 2.24) is 4.98 Å². The van der Waals surface area contributed by atoms with E-state index in [-0.39, 0.29) is 0 Å². The topological polar surface area (TPSA) is 31.4 Å². The highest BCUT2D eigenvalue weighted by Crippen LogP contribution is 2.44. The van der Waals surface area contributed by atoms with E-state index in [1.807, 2.05) is 18.2 Å². The van der Waals surface area contributed by atoms with Gasteiger partial charge in [0.25, 0.3) is 0 Å². The zero-order valence-corrected chi connectivity index (χ0v) is 12.7. The Morgan fingerprint density at radius 1 is 1.19 bits per heavy atom. The Bertz CT molecular complexity index is 667. The minimum absolute atomic E-state index is 0.485. The van der Waals surface area contributed by atoms with Crippen LogP contribution in [0.2, 0.25) is 10.0 Å². The van der Waals surface area contributed by atoms with Gasteiger partial charge in [-0.3, -0.25) is 4.98 Å². The first-order chi connectivity index (χ1) is 10.1. The molecule has 108 valence electrons.